The number of benzene rings is 2. The lowest BCUT2D eigenvalue weighted by Crippen LogP contribution is -2.05. The van der Waals surface area contributed by atoms with Crippen LogP contribution in [0.2, 0.25) is 0 Å². The van der Waals surface area contributed by atoms with Gasteiger partial charge in [-0.3, -0.25) is 4.79 Å². The SMILES string of the molecule is COCCOc1ccc2c(=O)cc(-c3ccccc3)oc2c1. The molecule has 112 valence electrons. The summed E-state index contributed by atoms with van der Waals surface area (Å²) >= 11 is 0. The molecule has 1 heterocycles. The molecule has 1 aromatic heterocycles. The lowest BCUT2D eigenvalue weighted by Gasteiger charge is -2.07. The van der Waals surface area contributed by atoms with E-state index in [4.69, 9.17) is 13.9 Å². The minimum absolute atomic E-state index is 0.0662. The monoisotopic (exact) mass is 296 g/mol. The van der Waals surface area contributed by atoms with Crippen molar-refractivity contribution in [2.24, 2.45) is 0 Å². The maximum atomic E-state index is 12.2. The fourth-order valence-electron chi connectivity index (χ4n) is 2.21. The number of hydrogen-bond acceptors (Lipinski definition) is 4. The topological polar surface area (TPSA) is 48.7 Å². The van der Waals surface area contributed by atoms with Crippen LogP contribution in [-0.2, 0) is 4.74 Å². The van der Waals surface area contributed by atoms with E-state index in [1.807, 2.05) is 30.3 Å². The molecule has 0 aliphatic rings. The summed E-state index contributed by atoms with van der Waals surface area (Å²) in [6.45, 7) is 0.955. The van der Waals surface area contributed by atoms with Gasteiger partial charge < -0.3 is 13.9 Å². The molecule has 0 aliphatic heterocycles. The standard InChI is InChI=1S/C18H16O4/c1-20-9-10-21-14-7-8-15-16(19)12-17(22-18(15)11-14)13-5-3-2-4-6-13/h2-8,11-12H,9-10H2,1H3. The Bertz CT molecular complexity index is 821. The smallest absolute Gasteiger partial charge is 0.193 e. The van der Waals surface area contributed by atoms with Gasteiger partial charge in [-0.2, -0.15) is 0 Å². The van der Waals surface area contributed by atoms with Gasteiger partial charge in [-0.15, -0.1) is 0 Å². The molecule has 3 aromatic rings. The quantitative estimate of drug-likeness (QED) is 0.676. The van der Waals surface area contributed by atoms with E-state index in [0.29, 0.717) is 35.7 Å². The lowest BCUT2D eigenvalue weighted by molar-refractivity contribution is 0.146. The van der Waals surface area contributed by atoms with E-state index in [0.717, 1.165) is 5.56 Å². The van der Waals surface area contributed by atoms with E-state index in [-0.39, 0.29) is 5.43 Å². The minimum atomic E-state index is -0.0662. The van der Waals surface area contributed by atoms with E-state index < -0.39 is 0 Å². The van der Waals surface area contributed by atoms with Gasteiger partial charge in [-0.25, -0.2) is 0 Å². The summed E-state index contributed by atoms with van der Waals surface area (Å²) in [4.78, 5) is 12.2. The molecule has 4 nitrogen and oxygen atoms in total. The second-order valence-corrected chi connectivity index (χ2v) is 4.84. The van der Waals surface area contributed by atoms with Gasteiger partial charge in [0.2, 0.25) is 0 Å². The van der Waals surface area contributed by atoms with Crippen LogP contribution in [0.1, 0.15) is 0 Å². The van der Waals surface area contributed by atoms with Gasteiger partial charge in [-0.1, -0.05) is 30.3 Å². The average molecular weight is 296 g/mol. The van der Waals surface area contributed by atoms with Crippen LogP contribution in [0.5, 0.6) is 5.75 Å². The van der Waals surface area contributed by atoms with E-state index in [1.54, 1.807) is 25.3 Å². The molecule has 4 heteroatoms. The van der Waals surface area contributed by atoms with Crippen LogP contribution >= 0.6 is 0 Å². The van der Waals surface area contributed by atoms with E-state index in [2.05, 4.69) is 0 Å². The maximum Gasteiger partial charge on any atom is 0.193 e. The molecule has 22 heavy (non-hydrogen) atoms. The highest BCUT2D eigenvalue weighted by atomic mass is 16.5. The van der Waals surface area contributed by atoms with Crippen LogP contribution in [0.15, 0.2) is 63.8 Å². The number of ether oxygens (including phenoxy) is 2. The Kier molecular flexibility index (Phi) is 4.21. The Morgan fingerprint density at radius 2 is 1.82 bits per heavy atom. The van der Waals surface area contributed by atoms with Crippen LogP contribution in [0.25, 0.3) is 22.3 Å². The number of methoxy groups -OCH3 is 1. The molecule has 0 bridgehead atoms. The summed E-state index contributed by atoms with van der Waals surface area (Å²) in [6.07, 6.45) is 0. The molecule has 0 amide bonds. The normalized spacial score (nSPS) is 10.8. The number of fused-ring (bicyclic) bond motifs is 1. The van der Waals surface area contributed by atoms with Gasteiger partial charge in [0.25, 0.3) is 0 Å². The van der Waals surface area contributed by atoms with Crippen LogP contribution < -0.4 is 10.2 Å². The van der Waals surface area contributed by atoms with Crippen molar-refractivity contribution in [2.75, 3.05) is 20.3 Å². The van der Waals surface area contributed by atoms with E-state index in [9.17, 15) is 4.79 Å². The molecular formula is C18H16O4. The molecule has 0 radical (unpaired) electrons. The minimum Gasteiger partial charge on any atom is -0.491 e. The van der Waals surface area contributed by atoms with Gasteiger partial charge >= 0.3 is 0 Å². The molecule has 0 fully saturated rings. The van der Waals surface area contributed by atoms with Gasteiger partial charge in [0, 0.05) is 24.8 Å². The second kappa shape index (κ2) is 6.45. The molecular weight excluding hydrogens is 280 g/mol. The molecule has 0 atom stereocenters. The summed E-state index contributed by atoms with van der Waals surface area (Å²) in [5.41, 5.74) is 1.32. The van der Waals surface area contributed by atoms with E-state index >= 15 is 0 Å². The third kappa shape index (κ3) is 3.02. The van der Waals surface area contributed by atoms with Crippen molar-refractivity contribution >= 4 is 11.0 Å². The molecule has 0 spiro atoms. The van der Waals surface area contributed by atoms with Gasteiger partial charge in [0.05, 0.1) is 12.0 Å². The van der Waals surface area contributed by atoms with Gasteiger partial charge in [-0.05, 0) is 12.1 Å². The Hall–Kier alpha value is -2.59. The summed E-state index contributed by atoms with van der Waals surface area (Å²) in [7, 11) is 1.62. The van der Waals surface area contributed by atoms with Crippen molar-refractivity contribution in [1.29, 1.82) is 0 Å². The zero-order valence-corrected chi connectivity index (χ0v) is 12.2. The molecule has 0 saturated carbocycles. The van der Waals surface area contributed by atoms with Gasteiger partial charge in [0.1, 0.15) is 23.7 Å². The fraction of sp³-hybridized carbons (Fsp3) is 0.167. The van der Waals surface area contributed by atoms with Crippen LogP contribution in [0, 0.1) is 0 Å². The molecule has 0 unspecified atom stereocenters. The van der Waals surface area contributed by atoms with Crippen LogP contribution in [0.3, 0.4) is 0 Å². The third-order valence-corrected chi connectivity index (χ3v) is 3.32. The van der Waals surface area contributed by atoms with Crippen LogP contribution in [0.4, 0.5) is 0 Å². The van der Waals surface area contributed by atoms with Crippen molar-refractivity contribution in [3.63, 3.8) is 0 Å². The first-order valence-corrected chi connectivity index (χ1v) is 7.03. The first-order valence-electron chi connectivity index (χ1n) is 7.03. The predicted octanol–water partition coefficient (Wildman–Crippen LogP) is 3.49. The highest BCUT2D eigenvalue weighted by Crippen LogP contribution is 2.24. The highest BCUT2D eigenvalue weighted by Gasteiger charge is 2.08. The van der Waals surface area contributed by atoms with Crippen LogP contribution in [-0.4, -0.2) is 20.3 Å². The molecule has 0 saturated heterocycles. The molecule has 2 aromatic carbocycles. The molecule has 0 aliphatic carbocycles. The summed E-state index contributed by atoms with van der Waals surface area (Å²) in [6, 6.07) is 16.3. The number of rotatable bonds is 5. The van der Waals surface area contributed by atoms with Gasteiger partial charge in [0.15, 0.2) is 5.43 Å². The number of hydrogen-bond donors (Lipinski definition) is 0. The molecule has 0 N–H and O–H groups in total. The second-order valence-electron chi connectivity index (χ2n) is 4.84. The summed E-state index contributed by atoms with van der Waals surface area (Å²) in [5, 5.41) is 0.541. The fourth-order valence-corrected chi connectivity index (χ4v) is 2.21. The summed E-state index contributed by atoms with van der Waals surface area (Å²) < 4.78 is 16.4. The zero-order valence-electron chi connectivity index (χ0n) is 12.2. The van der Waals surface area contributed by atoms with Crippen molar-refractivity contribution in [1.82, 2.24) is 0 Å². The van der Waals surface area contributed by atoms with Crippen molar-refractivity contribution in [3.8, 4) is 17.1 Å². The van der Waals surface area contributed by atoms with Crippen molar-refractivity contribution < 1.29 is 13.9 Å². The highest BCUT2D eigenvalue weighted by molar-refractivity contribution is 5.80. The average Bonchev–Trinajstić information content (AvgIpc) is 2.55. The maximum absolute atomic E-state index is 12.2. The first kappa shape index (κ1) is 14.4. The zero-order chi connectivity index (χ0) is 15.4. The Labute approximate surface area is 127 Å². The van der Waals surface area contributed by atoms with Crippen molar-refractivity contribution in [3.05, 3.63) is 64.8 Å². The lowest BCUT2D eigenvalue weighted by atomic mass is 10.1. The van der Waals surface area contributed by atoms with Crippen molar-refractivity contribution in [2.45, 2.75) is 0 Å². The molecule has 3 rings (SSSR count). The Balaban J connectivity index is 2.01. The third-order valence-electron chi connectivity index (χ3n) is 3.32. The summed E-state index contributed by atoms with van der Waals surface area (Å²) in [5.74, 6) is 1.20. The largest absolute Gasteiger partial charge is 0.491 e. The predicted molar refractivity (Wildman–Crippen MR) is 85.3 cm³/mol. The first-order chi connectivity index (χ1) is 10.8. The Morgan fingerprint density at radius 3 is 2.59 bits per heavy atom. The Morgan fingerprint density at radius 1 is 1.00 bits per heavy atom. The van der Waals surface area contributed by atoms with E-state index in [1.165, 1.54) is 6.07 Å².